The molecule has 0 bridgehead atoms. The molecule has 1 aliphatic rings. The molecule has 0 radical (unpaired) electrons. The summed E-state index contributed by atoms with van der Waals surface area (Å²) in [6.07, 6.45) is 16.4. The van der Waals surface area contributed by atoms with E-state index in [1.54, 1.807) is 7.11 Å². The molecule has 7 nitrogen and oxygen atoms in total. The van der Waals surface area contributed by atoms with Gasteiger partial charge in [-0.15, -0.1) is 0 Å². The molecule has 214 valence electrons. The van der Waals surface area contributed by atoms with Crippen molar-refractivity contribution in [2.45, 2.75) is 129 Å². The van der Waals surface area contributed by atoms with E-state index in [1.807, 2.05) is 20.8 Å². The molecule has 1 rings (SSSR count). The molecule has 0 spiro atoms. The van der Waals surface area contributed by atoms with E-state index in [0.717, 1.165) is 45.6 Å². The van der Waals surface area contributed by atoms with Gasteiger partial charge in [0, 0.05) is 39.8 Å². The Kier molecular flexibility index (Phi) is 18.5. The minimum absolute atomic E-state index is 0.0970. The van der Waals surface area contributed by atoms with Crippen LogP contribution in [-0.2, 0) is 14.2 Å². The quantitative estimate of drug-likeness (QED) is 0.154. The summed E-state index contributed by atoms with van der Waals surface area (Å²) in [6, 6.07) is -0.133. The van der Waals surface area contributed by atoms with E-state index in [-0.39, 0.29) is 25.0 Å². The van der Waals surface area contributed by atoms with Crippen LogP contribution < -0.4 is 5.32 Å². The molecule has 36 heavy (non-hydrogen) atoms. The van der Waals surface area contributed by atoms with Crippen molar-refractivity contribution < 1.29 is 19.0 Å². The molecule has 1 saturated heterocycles. The third kappa shape index (κ3) is 17.5. The molecular weight excluding hydrogens is 454 g/mol. The lowest BCUT2D eigenvalue weighted by molar-refractivity contribution is -0.0901. The molecule has 7 heteroatoms. The van der Waals surface area contributed by atoms with Gasteiger partial charge in [0.05, 0.1) is 12.1 Å². The molecule has 1 heterocycles. The summed E-state index contributed by atoms with van der Waals surface area (Å²) in [5, 5.41) is 3.14. The van der Waals surface area contributed by atoms with Gasteiger partial charge in [-0.3, -0.25) is 4.90 Å². The first-order valence-corrected chi connectivity index (χ1v) is 14.8. The monoisotopic (exact) mass is 513 g/mol. The van der Waals surface area contributed by atoms with E-state index >= 15 is 0 Å². The van der Waals surface area contributed by atoms with Crippen molar-refractivity contribution in [3.8, 4) is 0 Å². The fourth-order valence-electron chi connectivity index (χ4n) is 4.77. The SMILES string of the molecule is CCCCCCCCCCCCCC[C@H](OCOC)[C@H](CN1CCN(C)CC1)NC(=O)OC(C)(C)C. The van der Waals surface area contributed by atoms with Crippen molar-refractivity contribution in [2.75, 3.05) is 53.7 Å². The Bertz CT molecular complexity index is 533. The molecule has 0 aromatic heterocycles. The fraction of sp³-hybridized carbons (Fsp3) is 0.966. The number of alkyl carbamates (subject to hydrolysis) is 1. The van der Waals surface area contributed by atoms with Crippen LogP contribution in [0.1, 0.15) is 111 Å². The fourth-order valence-corrected chi connectivity index (χ4v) is 4.77. The number of hydrogen-bond donors (Lipinski definition) is 1. The van der Waals surface area contributed by atoms with Gasteiger partial charge in [-0.25, -0.2) is 4.79 Å². The summed E-state index contributed by atoms with van der Waals surface area (Å²) in [7, 11) is 3.81. The van der Waals surface area contributed by atoms with Gasteiger partial charge in [0.25, 0.3) is 0 Å². The number of nitrogens with zero attached hydrogens (tertiary/aromatic N) is 2. The Balaban J connectivity index is 2.49. The van der Waals surface area contributed by atoms with Crippen LogP contribution in [0.4, 0.5) is 4.79 Å². The lowest BCUT2D eigenvalue weighted by atomic mass is 10.0. The maximum atomic E-state index is 12.7. The highest BCUT2D eigenvalue weighted by Gasteiger charge is 2.29. The van der Waals surface area contributed by atoms with E-state index < -0.39 is 5.60 Å². The molecule has 2 atom stereocenters. The van der Waals surface area contributed by atoms with E-state index in [4.69, 9.17) is 14.2 Å². The van der Waals surface area contributed by atoms with Gasteiger partial charge in [0.1, 0.15) is 12.4 Å². The zero-order valence-electron chi connectivity index (χ0n) is 24.6. The highest BCUT2D eigenvalue weighted by atomic mass is 16.7. The van der Waals surface area contributed by atoms with Crippen molar-refractivity contribution in [1.29, 1.82) is 0 Å². The molecule has 0 saturated carbocycles. The van der Waals surface area contributed by atoms with Crippen LogP contribution in [0.25, 0.3) is 0 Å². The number of methoxy groups -OCH3 is 1. The van der Waals surface area contributed by atoms with E-state index in [1.165, 1.54) is 70.6 Å². The second kappa shape index (κ2) is 20.1. The second-order valence-corrected chi connectivity index (χ2v) is 11.6. The largest absolute Gasteiger partial charge is 0.444 e. The van der Waals surface area contributed by atoms with Gasteiger partial charge >= 0.3 is 6.09 Å². The van der Waals surface area contributed by atoms with Crippen LogP contribution in [0.5, 0.6) is 0 Å². The molecule has 0 unspecified atom stereocenters. The molecule has 0 aliphatic carbocycles. The number of likely N-dealkylation sites (N-methyl/N-ethyl adjacent to an activating group) is 1. The number of carbonyl (C=O) groups is 1. The Morgan fingerprint density at radius 3 is 1.89 bits per heavy atom. The zero-order valence-corrected chi connectivity index (χ0v) is 24.6. The van der Waals surface area contributed by atoms with Gasteiger partial charge in [-0.2, -0.15) is 0 Å². The minimum atomic E-state index is -0.527. The number of ether oxygens (including phenoxy) is 3. The predicted octanol–water partition coefficient (Wildman–Crippen LogP) is 6.21. The number of nitrogens with one attached hydrogen (secondary N) is 1. The van der Waals surface area contributed by atoms with Crippen LogP contribution in [0.15, 0.2) is 0 Å². The van der Waals surface area contributed by atoms with Crippen LogP contribution in [0.3, 0.4) is 0 Å². The Morgan fingerprint density at radius 2 is 1.39 bits per heavy atom. The minimum Gasteiger partial charge on any atom is -0.444 e. The van der Waals surface area contributed by atoms with Crippen molar-refractivity contribution in [2.24, 2.45) is 0 Å². The summed E-state index contributed by atoms with van der Waals surface area (Å²) in [4.78, 5) is 17.4. The Hall–Kier alpha value is -0.890. The summed E-state index contributed by atoms with van der Waals surface area (Å²) in [5.74, 6) is 0. The first kappa shape index (κ1) is 33.1. The molecular formula is C29H59N3O4. The van der Waals surface area contributed by atoms with Crippen LogP contribution in [0, 0.1) is 0 Å². The smallest absolute Gasteiger partial charge is 0.408 e. The van der Waals surface area contributed by atoms with Gasteiger partial charge in [0.2, 0.25) is 0 Å². The van der Waals surface area contributed by atoms with Crippen LogP contribution >= 0.6 is 0 Å². The molecule has 1 N–H and O–H groups in total. The maximum Gasteiger partial charge on any atom is 0.408 e. The number of unbranched alkanes of at least 4 members (excludes halogenated alkanes) is 11. The first-order valence-electron chi connectivity index (χ1n) is 14.8. The zero-order chi connectivity index (χ0) is 26.7. The van der Waals surface area contributed by atoms with Crippen molar-refractivity contribution in [3.05, 3.63) is 0 Å². The number of carbonyl (C=O) groups excluding carboxylic acids is 1. The highest BCUT2D eigenvalue weighted by Crippen LogP contribution is 2.17. The summed E-state index contributed by atoms with van der Waals surface area (Å²) >= 11 is 0. The number of amides is 1. The molecule has 1 aliphatic heterocycles. The Labute approximate surface area is 223 Å². The highest BCUT2D eigenvalue weighted by molar-refractivity contribution is 5.68. The van der Waals surface area contributed by atoms with Crippen molar-refractivity contribution in [1.82, 2.24) is 15.1 Å². The number of rotatable bonds is 20. The predicted molar refractivity (Wildman–Crippen MR) is 150 cm³/mol. The molecule has 1 amide bonds. The maximum absolute atomic E-state index is 12.7. The topological polar surface area (TPSA) is 63.3 Å². The number of piperazine rings is 1. The van der Waals surface area contributed by atoms with Crippen LogP contribution in [-0.4, -0.2) is 87.3 Å². The average molecular weight is 514 g/mol. The Morgan fingerprint density at radius 1 is 0.861 bits per heavy atom. The van der Waals surface area contributed by atoms with E-state index in [2.05, 4.69) is 29.1 Å². The standard InChI is InChI=1S/C29H59N3O4/c1-7-8-9-10-11-12-13-14-15-16-17-18-19-27(35-25-34-6)26(30-28(33)36-29(2,3)4)24-32-22-20-31(5)21-23-32/h26-27H,7-25H2,1-6H3,(H,30,33)/t26-,27-/m0/s1. The molecule has 0 aromatic carbocycles. The second-order valence-electron chi connectivity index (χ2n) is 11.6. The lowest BCUT2D eigenvalue weighted by Gasteiger charge is -2.37. The lowest BCUT2D eigenvalue weighted by Crippen LogP contribution is -2.55. The summed E-state index contributed by atoms with van der Waals surface area (Å²) in [5.41, 5.74) is -0.527. The average Bonchev–Trinajstić information content (AvgIpc) is 2.81. The third-order valence-corrected chi connectivity index (χ3v) is 6.94. The number of hydrogen-bond acceptors (Lipinski definition) is 6. The van der Waals surface area contributed by atoms with Gasteiger partial charge in [-0.05, 0) is 34.2 Å². The summed E-state index contributed by atoms with van der Waals surface area (Å²) in [6.45, 7) is 13.0. The first-order chi connectivity index (χ1) is 17.2. The normalized spacial score (nSPS) is 17.2. The van der Waals surface area contributed by atoms with Crippen molar-refractivity contribution >= 4 is 6.09 Å². The molecule has 1 fully saturated rings. The van der Waals surface area contributed by atoms with Crippen molar-refractivity contribution in [3.63, 3.8) is 0 Å². The molecule has 0 aromatic rings. The summed E-state index contributed by atoms with van der Waals surface area (Å²) < 4.78 is 16.9. The third-order valence-electron chi connectivity index (χ3n) is 6.94. The van der Waals surface area contributed by atoms with Gasteiger partial charge in [-0.1, -0.05) is 84.0 Å². The van der Waals surface area contributed by atoms with E-state index in [0.29, 0.717) is 0 Å². The van der Waals surface area contributed by atoms with E-state index in [9.17, 15) is 4.79 Å². The van der Waals surface area contributed by atoms with Crippen LogP contribution in [0.2, 0.25) is 0 Å². The van der Waals surface area contributed by atoms with Gasteiger partial charge in [0.15, 0.2) is 0 Å². The van der Waals surface area contributed by atoms with Gasteiger partial charge < -0.3 is 24.4 Å².